The minimum Gasteiger partial charge on any atom is -0.466 e. The van der Waals surface area contributed by atoms with Gasteiger partial charge in [0.05, 0.1) is 16.8 Å². The van der Waals surface area contributed by atoms with Gasteiger partial charge in [-0.1, -0.05) is 6.92 Å². The summed E-state index contributed by atoms with van der Waals surface area (Å²) in [4.78, 5) is 4.03. The molecule has 0 bridgehead atoms. The van der Waals surface area contributed by atoms with Gasteiger partial charge in [-0.3, -0.25) is 4.98 Å². The van der Waals surface area contributed by atoms with Crippen LogP contribution in [0.25, 0.3) is 0 Å². The minimum absolute atomic E-state index is 0.243. The van der Waals surface area contributed by atoms with Gasteiger partial charge in [0.2, 0.25) is 0 Å². The number of nitrogens with zero attached hydrogens (tertiary/aromatic N) is 1. The first-order valence-corrected chi connectivity index (χ1v) is 6.95. The fourth-order valence-corrected chi connectivity index (χ4v) is 2.46. The molecule has 1 atom stereocenters. The zero-order chi connectivity index (χ0) is 12.8. The van der Waals surface area contributed by atoms with Gasteiger partial charge >= 0.3 is 0 Å². The van der Waals surface area contributed by atoms with Crippen molar-refractivity contribution in [3.63, 3.8) is 0 Å². The lowest BCUT2D eigenvalue weighted by atomic mass is 10.0. The molecule has 2 heterocycles. The van der Waals surface area contributed by atoms with Crippen LogP contribution in [0.3, 0.4) is 0 Å². The Morgan fingerprint density at radius 3 is 2.72 bits per heavy atom. The van der Waals surface area contributed by atoms with Crippen molar-refractivity contribution in [3.05, 3.63) is 52.7 Å². The lowest BCUT2D eigenvalue weighted by Gasteiger charge is -2.16. The third-order valence-corrected chi connectivity index (χ3v) is 3.54. The lowest BCUT2D eigenvalue weighted by Crippen LogP contribution is -2.21. The number of aromatic nitrogens is 1. The summed E-state index contributed by atoms with van der Waals surface area (Å²) in [5, 5.41) is 3.46. The summed E-state index contributed by atoms with van der Waals surface area (Å²) >= 11 is 3.52. The molecule has 0 aliphatic carbocycles. The highest BCUT2D eigenvalue weighted by Gasteiger charge is 2.16. The molecule has 0 aromatic carbocycles. The zero-order valence-electron chi connectivity index (χ0n) is 10.4. The third kappa shape index (κ3) is 3.43. The van der Waals surface area contributed by atoms with E-state index in [-0.39, 0.29) is 6.04 Å². The van der Waals surface area contributed by atoms with E-state index in [1.807, 2.05) is 18.5 Å². The molecular weight excluding hydrogens is 292 g/mol. The average molecular weight is 309 g/mol. The Labute approximate surface area is 116 Å². The summed E-state index contributed by atoms with van der Waals surface area (Å²) in [5.74, 6) is 0.978. The molecule has 1 unspecified atom stereocenters. The minimum atomic E-state index is 0.243. The molecule has 0 amide bonds. The first kappa shape index (κ1) is 13.3. The van der Waals surface area contributed by atoms with E-state index in [2.05, 4.69) is 45.3 Å². The standard InChI is InChI=1S/C14H17BrN2O/c1-2-17-13(14-12(15)7-10-18-14)4-3-11-5-8-16-9-6-11/h5-10,13,17H,2-4H2,1H3. The van der Waals surface area contributed by atoms with Crippen LogP contribution in [-0.2, 0) is 6.42 Å². The summed E-state index contributed by atoms with van der Waals surface area (Å²) in [5.41, 5.74) is 1.30. The number of hydrogen-bond acceptors (Lipinski definition) is 3. The number of pyridine rings is 1. The molecule has 0 aliphatic heterocycles. The summed E-state index contributed by atoms with van der Waals surface area (Å²) < 4.78 is 6.58. The summed E-state index contributed by atoms with van der Waals surface area (Å²) in [7, 11) is 0. The largest absolute Gasteiger partial charge is 0.466 e. The highest BCUT2D eigenvalue weighted by atomic mass is 79.9. The lowest BCUT2D eigenvalue weighted by molar-refractivity contribution is 0.399. The van der Waals surface area contributed by atoms with Crippen molar-refractivity contribution in [2.24, 2.45) is 0 Å². The number of hydrogen-bond donors (Lipinski definition) is 1. The van der Waals surface area contributed by atoms with Crippen LogP contribution in [0.2, 0.25) is 0 Å². The van der Waals surface area contributed by atoms with Gasteiger partial charge in [-0.25, -0.2) is 0 Å². The van der Waals surface area contributed by atoms with Crippen molar-refractivity contribution in [1.82, 2.24) is 10.3 Å². The second-order valence-electron chi connectivity index (χ2n) is 4.14. The van der Waals surface area contributed by atoms with Crippen LogP contribution in [0, 0.1) is 0 Å². The maximum absolute atomic E-state index is 5.55. The van der Waals surface area contributed by atoms with Crippen LogP contribution in [0.5, 0.6) is 0 Å². The quantitative estimate of drug-likeness (QED) is 0.884. The highest BCUT2D eigenvalue weighted by molar-refractivity contribution is 9.10. The van der Waals surface area contributed by atoms with E-state index in [4.69, 9.17) is 4.42 Å². The van der Waals surface area contributed by atoms with Gasteiger partial charge in [-0.15, -0.1) is 0 Å². The van der Waals surface area contributed by atoms with Crippen LogP contribution in [0.15, 0.2) is 45.7 Å². The topological polar surface area (TPSA) is 38.1 Å². The van der Waals surface area contributed by atoms with Gasteiger partial charge in [0.25, 0.3) is 0 Å². The van der Waals surface area contributed by atoms with E-state index >= 15 is 0 Å². The first-order chi connectivity index (χ1) is 8.81. The van der Waals surface area contributed by atoms with Crippen LogP contribution < -0.4 is 5.32 Å². The molecule has 3 nitrogen and oxygen atoms in total. The maximum Gasteiger partial charge on any atom is 0.134 e. The molecule has 18 heavy (non-hydrogen) atoms. The van der Waals surface area contributed by atoms with E-state index < -0.39 is 0 Å². The van der Waals surface area contributed by atoms with Gasteiger partial charge in [-0.05, 0) is 59.1 Å². The van der Waals surface area contributed by atoms with Crippen molar-refractivity contribution in [1.29, 1.82) is 0 Å². The van der Waals surface area contributed by atoms with Crippen molar-refractivity contribution < 1.29 is 4.42 Å². The Morgan fingerprint density at radius 1 is 1.33 bits per heavy atom. The molecule has 2 rings (SSSR count). The Morgan fingerprint density at radius 2 is 2.11 bits per heavy atom. The normalized spacial score (nSPS) is 12.6. The number of aryl methyl sites for hydroxylation is 1. The fourth-order valence-electron chi connectivity index (χ4n) is 1.99. The predicted octanol–water partition coefficient (Wildman–Crippen LogP) is 3.72. The summed E-state index contributed by atoms with van der Waals surface area (Å²) in [6.07, 6.45) is 7.40. The average Bonchev–Trinajstić information content (AvgIpc) is 2.82. The van der Waals surface area contributed by atoms with Crippen LogP contribution in [0.4, 0.5) is 0 Å². The zero-order valence-corrected chi connectivity index (χ0v) is 12.0. The molecule has 0 aliphatic rings. The molecule has 0 spiro atoms. The number of rotatable bonds is 6. The molecule has 0 saturated carbocycles. The molecule has 96 valence electrons. The van der Waals surface area contributed by atoms with Crippen molar-refractivity contribution in [3.8, 4) is 0 Å². The molecule has 0 radical (unpaired) electrons. The SMILES string of the molecule is CCNC(CCc1ccncc1)c1occc1Br. The van der Waals surface area contributed by atoms with Crippen LogP contribution in [-0.4, -0.2) is 11.5 Å². The molecule has 4 heteroatoms. The number of nitrogens with one attached hydrogen (secondary N) is 1. The number of furan rings is 1. The van der Waals surface area contributed by atoms with E-state index in [9.17, 15) is 0 Å². The van der Waals surface area contributed by atoms with Gasteiger partial charge in [0.1, 0.15) is 5.76 Å². The van der Waals surface area contributed by atoms with Gasteiger partial charge in [0, 0.05) is 12.4 Å². The van der Waals surface area contributed by atoms with Crippen molar-refractivity contribution >= 4 is 15.9 Å². The fraction of sp³-hybridized carbons (Fsp3) is 0.357. The van der Waals surface area contributed by atoms with Crippen LogP contribution in [0.1, 0.15) is 30.7 Å². The Hall–Kier alpha value is -1.13. The Balaban J connectivity index is 2.01. The maximum atomic E-state index is 5.55. The third-order valence-electron chi connectivity index (χ3n) is 2.88. The second-order valence-corrected chi connectivity index (χ2v) is 4.99. The first-order valence-electron chi connectivity index (χ1n) is 6.16. The van der Waals surface area contributed by atoms with E-state index in [1.165, 1.54) is 5.56 Å². The highest BCUT2D eigenvalue weighted by Crippen LogP contribution is 2.27. The van der Waals surface area contributed by atoms with E-state index in [1.54, 1.807) is 6.26 Å². The molecule has 2 aromatic rings. The summed E-state index contributed by atoms with van der Waals surface area (Å²) in [6, 6.07) is 6.29. The van der Waals surface area contributed by atoms with Crippen LogP contribution >= 0.6 is 15.9 Å². The Kier molecular flexibility index (Phi) is 4.96. The Bertz CT molecular complexity index is 470. The smallest absolute Gasteiger partial charge is 0.134 e. The monoisotopic (exact) mass is 308 g/mol. The van der Waals surface area contributed by atoms with Gasteiger partial charge < -0.3 is 9.73 Å². The van der Waals surface area contributed by atoms with Crippen molar-refractivity contribution in [2.45, 2.75) is 25.8 Å². The molecule has 0 fully saturated rings. The summed E-state index contributed by atoms with van der Waals surface area (Å²) in [6.45, 7) is 3.03. The molecule has 0 saturated heterocycles. The number of halogens is 1. The molecule has 1 N–H and O–H groups in total. The predicted molar refractivity (Wildman–Crippen MR) is 75.4 cm³/mol. The van der Waals surface area contributed by atoms with Crippen molar-refractivity contribution in [2.75, 3.05) is 6.54 Å². The van der Waals surface area contributed by atoms with E-state index in [0.29, 0.717) is 0 Å². The van der Waals surface area contributed by atoms with Gasteiger partial charge in [0.15, 0.2) is 0 Å². The van der Waals surface area contributed by atoms with E-state index in [0.717, 1.165) is 29.6 Å². The van der Waals surface area contributed by atoms with Gasteiger partial charge in [-0.2, -0.15) is 0 Å². The molecule has 2 aromatic heterocycles. The molecular formula is C14H17BrN2O. The second kappa shape index (κ2) is 6.71.